The minimum Gasteiger partial charge on any atom is -0.456 e. The van der Waals surface area contributed by atoms with Gasteiger partial charge in [0.05, 0.1) is 24.4 Å². The highest BCUT2D eigenvalue weighted by Gasteiger charge is 2.32. The van der Waals surface area contributed by atoms with E-state index >= 15 is 0 Å². The molecule has 1 saturated heterocycles. The lowest BCUT2D eigenvalue weighted by Crippen LogP contribution is -2.26. The molecule has 120 valence electrons. The highest BCUT2D eigenvalue weighted by Crippen LogP contribution is 2.25. The molecule has 2 rings (SSSR count). The van der Waals surface area contributed by atoms with E-state index < -0.39 is 29.6 Å². The van der Waals surface area contributed by atoms with Crippen LogP contribution in [0.3, 0.4) is 0 Å². The second kappa shape index (κ2) is 5.92. The Balaban J connectivity index is 2.20. The maximum Gasteiger partial charge on any atom is 0.414 e. The molecular weight excluding hydrogens is 293 g/mol. The number of esters is 1. The molecule has 0 spiro atoms. The molecule has 1 fully saturated rings. The third-order valence-electron chi connectivity index (χ3n) is 2.96. The van der Waals surface area contributed by atoms with Gasteiger partial charge in [-0.2, -0.15) is 0 Å². The van der Waals surface area contributed by atoms with E-state index in [0.717, 1.165) is 6.07 Å². The molecule has 1 atom stereocenters. The summed E-state index contributed by atoms with van der Waals surface area (Å²) in [5, 5.41) is 8.99. The Morgan fingerprint density at radius 3 is 2.68 bits per heavy atom. The molecule has 22 heavy (non-hydrogen) atoms. The third-order valence-corrected chi connectivity index (χ3v) is 2.96. The minimum absolute atomic E-state index is 0.126. The number of carbonyl (C=O) groups excluding carboxylic acids is 2. The number of hydrogen-bond donors (Lipinski definition) is 1. The Bertz CT molecular complexity index is 596. The molecule has 1 heterocycles. The first kappa shape index (κ1) is 16.2. The number of rotatable bonds is 3. The Kier molecular flexibility index (Phi) is 4.37. The topological polar surface area (TPSA) is 76.1 Å². The summed E-state index contributed by atoms with van der Waals surface area (Å²) in [6, 6.07) is 3.77. The number of ether oxygens (including phenoxy) is 2. The lowest BCUT2D eigenvalue weighted by atomic mass is 10.1. The minimum atomic E-state index is -0.785. The summed E-state index contributed by atoms with van der Waals surface area (Å²) >= 11 is 0. The van der Waals surface area contributed by atoms with Gasteiger partial charge in [-0.05, 0) is 39.0 Å². The second-order valence-electron chi connectivity index (χ2n) is 5.96. The Morgan fingerprint density at radius 1 is 1.50 bits per heavy atom. The summed E-state index contributed by atoms with van der Waals surface area (Å²) < 4.78 is 24.1. The van der Waals surface area contributed by atoms with Crippen molar-refractivity contribution >= 4 is 17.7 Å². The van der Waals surface area contributed by atoms with Gasteiger partial charge in [0.15, 0.2) is 0 Å². The van der Waals surface area contributed by atoms with E-state index in [9.17, 15) is 14.0 Å². The molecule has 0 aliphatic carbocycles. The molecule has 1 aromatic rings. The maximum absolute atomic E-state index is 14.1. The van der Waals surface area contributed by atoms with E-state index in [1.165, 1.54) is 17.0 Å². The number of halogens is 1. The first-order chi connectivity index (χ1) is 10.2. The van der Waals surface area contributed by atoms with Crippen LogP contribution in [-0.2, 0) is 9.47 Å². The molecule has 7 heteroatoms. The number of nitrogens with zero attached hydrogens (tertiary/aromatic N) is 1. The average molecular weight is 311 g/mol. The highest BCUT2D eigenvalue weighted by atomic mass is 19.1. The van der Waals surface area contributed by atoms with Crippen molar-refractivity contribution in [3.63, 3.8) is 0 Å². The zero-order valence-corrected chi connectivity index (χ0v) is 12.6. The maximum atomic E-state index is 14.1. The number of hydrogen-bond acceptors (Lipinski definition) is 5. The zero-order chi connectivity index (χ0) is 16.5. The summed E-state index contributed by atoms with van der Waals surface area (Å²) in [6.07, 6.45) is -1.30. The van der Waals surface area contributed by atoms with Crippen LogP contribution in [0.4, 0.5) is 14.9 Å². The summed E-state index contributed by atoms with van der Waals surface area (Å²) in [5.74, 6) is -1.55. The smallest absolute Gasteiger partial charge is 0.414 e. The van der Waals surface area contributed by atoms with Crippen LogP contribution < -0.4 is 4.90 Å². The van der Waals surface area contributed by atoms with Gasteiger partial charge in [-0.25, -0.2) is 14.0 Å². The molecule has 1 amide bonds. The lowest BCUT2D eigenvalue weighted by molar-refractivity contribution is 0.00647. The highest BCUT2D eigenvalue weighted by molar-refractivity contribution is 5.93. The molecule has 6 nitrogen and oxygen atoms in total. The summed E-state index contributed by atoms with van der Waals surface area (Å²) in [7, 11) is 0. The number of cyclic esters (lactones) is 1. The van der Waals surface area contributed by atoms with Crippen LogP contribution in [-0.4, -0.2) is 42.0 Å². The molecule has 0 bridgehead atoms. The van der Waals surface area contributed by atoms with Gasteiger partial charge in [0.1, 0.15) is 17.5 Å². The van der Waals surface area contributed by atoms with Crippen molar-refractivity contribution in [2.24, 2.45) is 0 Å². The molecule has 0 aromatic heterocycles. The first-order valence-electron chi connectivity index (χ1n) is 6.83. The fourth-order valence-electron chi connectivity index (χ4n) is 2.00. The van der Waals surface area contributed by atoms with E-state index in [1.807, 2.05) is 0 Å². The summed E-state index contributed by atoms with van der Waals surface area (Å²) in [4.78, 5) is 24.7. The van der Waals surface area contributed by atoms with E-state index in [1.54, 1.807) is 20.8 Å². The number of carbonyl (C=O) groups is 2. The number of benzene rings is 1. The largest absolute Gasteiger partial charge is 0.456 e. The molecule has 1 unspecified atom stereocenters. The van der Waals surface area contributed by atoms with Crippen LogP contribution >= 0.6 is 0 Å². The zero-order valence-electron chi connectivity index (χ0n) is 12.6. The van der Waals surface area contributed by atoms with E-state index in [-0.39, 0.29) is 24.4 Å². The predicted molar refractivity (Wildman–Crippen MR) is 76.3 cm³/mol. The number of aliphatic hydroxyl groups is 1. The number of aliphatic hydroxyl groups excluding tert-OH is 1. The van der Waals surface area contributed by atoms with Gasteiger partial charge in [0.2, 0.25) is 0 Å². The SMILES string of the molecule is CC(C)(C)OC(=O)c1ccc(N2CC(CO)OC2=O)cc1F. The molecule has 1 aliphatic heterocycles. The molecule has 1 aromatic carbocycles. The third kappa shape index (κ3) is 3.54. The summed E-state index contributed by atoms with van der Waals surface area (Å²) in [5.41, 5.74) is -0.675. The fraction of sp³-hybridized carbons (Fsp3) is 0.467. The van der Waals surface area contributed by atoms with Gasteiger partial charge in [-0.15, -0.1) is 0 Å². The quantitative estimate of drug-likeness (QED) is 0.865. The van der Waals surface area contributed by atoms with Gasteiger partial charge >= 0.3 is 12.1 Å². The predicted octanol–water partition coefficient (Wildman–Crippen LogP) is 2.10. The monoisotopic (exact) mass is 311 g/mol. The van der Waals surface area contributed by atoms with Crippen molar-refractivity contribution in [1.82, 2.24) is 0 Å². The van der Waals surface area contributed by atoms with E-state index in [2.05, 4.69) is 0 Å². The molecular formula is C15H18FNO5. The van der Waals surface area contributed by atoms with Gasteiger partial charge < -0.3 is 14.6 Å². The van der Waals surface area contributed by atoms with Crippen molar-refractivity contribution in [1.29, 1.82) is 0 Å². The molecule has 0 saturated carbocycles. The van der Waals surface area contributed by atoms with Crippen molar-refractivity contribution in [3.8, 4) is 0 Å². The first-order valence-corrected chi connectivity index (χ1v) is 6.83. The van der Waals surface area contributed by atoms with E-state index in [0.29, 0.717) is 0 Å². The van der Waals surface area contributed by atoms with Crippen molar-refractivity contribution in [3.05, 3.63) is 29.6 Å². The fourth-order valence-corrected chi connectivity index (χ4v) is 2.00. The lowest BCUT2D eigenvalue weighted by Gasteiger charge is -2.20. The Hall–Kier alpha value is -2.15. The van der Waals surface area contributed by atoms with Crippen molar-refractivity contribution in [2.45, 2.75) is 32.5 Å². The van der Waals surface area contributed by atoms with Crippen LogP contribution in [0.25, 0.3) is 0 Å². The molecule has 0 radical (unpaired) electrons. The van der Waals surface area contributed by atoms with Crippen molar-refractivity contribution in [2.75, 3.05) is 18.1 Å². The van der Waals surface area contributed by atoms with E-state index in [4.69, 9.17) is 14.6 Å². The average Bonchev–Trinajstić information content (AvgIpc) is 2.77. The van der Waals surface area contributed by atoms with Gasteiger partial charge in [-0.1, -0.05) is 0 Å². The number of amides is 1. The standard InChI is InChI=1S/C15H18FNO5/c1-15(2,3)22-13(19)11-5-4-9(6-12(11)16)17-7-10(8-18)21-14(17)20/h4-6,10,18H,7-8H2,1-3H3. The normalized spacial score (nSPS) is 18.3. The van der Waals surface area contributed by atoms with Crippen LogP contribution in [0.5, 0.6) is 0 Å². The molecule has 1 N–H and O–H groups in total. The Morgan fingerprint density at radius 2 is 2.18 bits per heavy atom. The van der Waals surface area contributed by atoms with Crippen LogP contribution in [0.15, 0.2) is 18.2 Å². The second-order valence-corrected chi connectivity index (χ2v) is 5.96. The van der Waals surface area contributed by atoms with Crippen LogP contribution in [0, 0.1) is 5.82 Å². The van der Waals surface area contributed by atoms with Gasteiger partial charge in [-0.3, -0.25) is 4.90 Å². The van der Waals surface area contributed by atoms with Crippen LogP contribution in [0.1, 0.15) is 31.1 Å². The van der Waals surface area contributed by atoms with Crippen LogP contribution in [0.2, 0.25) is 0 Å². The Labute approximate surface area is 127 Å². The summed E-state index contributed by atoms with van der Waals surface area (Å²) in [6.45, 7) is 4.88. The van der Waals surface area contributed by atoms with Gasteiger partial charge in [0, 0.05) is 0 Å². The number of anilines is 1. The van der Waals surface area contributed by atoms with Gasteiger partial charge in [0.25, 0.3) is 0 Å². The molecule has 1 aliphatic rings. The van der Waals surface area contributed by atoms with Crippen molar-refractivity contribution < 1.29 is 28.6 Å².